The van der Waals surface area contributed by atoms with Crippen LogP contribution in [0.1, 0.15) is 25.7 Å². The van der Waals surface area contributed by atoms with E-state index in [2.05, 4.69) is 0 Å². The van der Waals surface area contributed by atoms with Crippen molar-refractivity contribution in [2.75, 3.05) is 5.75 Å². The molecule has 0 bridgehead atoms. The molecule has 110 valence electrons. The van der Waals surface area contributed by atoms with Crippen molar-refractivity contribution in [1.29, 1.82) is 0 Å². The lowest BCUT2D eigenvalue weighted by atomic mass is 9.86. The molecule has 3 N–H and O–H groups in total. The Hall–Kier alpha value is -1.14. The zero-order valence-electron chi connectivity index (χ0n) is 10.9. The minimum atomic E-state index is -1.15. The Morgan fingerprint density at radius 3 is 2.90 bits per heavy atom. The normalized spacial score (nSPS) is 25.9. The Morgan fingerprint density at radius 1 is 1.50 bits per heavy atom. The molecule has 2 unspecified atom stereocenters. The fourth-order valence-corrected chi connectivity index (χ4v) is 3.67. The van der Waals surface area contributed by atoms with Crippen LogP contribution in [0, 0.1) is 17.6 Å². The van der Waals surface area contributed by atoms with E-state index in [9.17, 15) is 18.7 Å². The van der Waals surface area contributed by atoms with Crippen molar-refractivity contribution >= 4 is 17.7 Å². The number of thioether (sulfide) groups is 1. The molecule has 2 rings (SSSR count). The Labute approximate surface area is 120 Å². The zero-order chi connectivity index (χ0) is 14.8. The summed E-state index contributed by atoms with van der Waals surface area (Å²) in [7, 11) is 0. The summed E-state index contributed by atoms with van der Waals surface area (Å²) in [6.45, 7) is 0. The first-order chi connectivity index (χ1) is 9.43. The molecule has 6 heteroatoms. The molecule has 1 aromatic rings. The SMILES string of the molecule is NC1(C(=O)O)CCCC1CCSc1ccc(F)cc1F. The van der Waals surface area contributed by atoms with Gasteiger partial charge >= 0.3 is 5.97 Å². The summed E-state index contributed by atoms with van der Waals surface area (Å²) in [4.78, 5) is 11.6. The van der Waals surface area contributed by atoms with Crippen LogP contribution in [0.5, 0.6) is 0 Å². The van der Waals surface area contributed by atoms with Crippen molar-refractivity contribution in [1.82, 2.24) is 0 Å². The summed E-state index contributed by atoms with van der Waals surface area (Å²) >= 11 is 1.26. The second-order valence-electron chi connectivity index (χ2n) is 5.15. The molecule has 0 aliphatic heterocycles. The number of benzene rings is 1. The van der Waals surface area contributed by atoms with E-state index in [0.717, 1.165) is 18.9 Å². The van der Waals surface area contributed by atoms with Gasteiger partial charge in [0.05, 0.1) is 0 Å². The average Bonchev–Trinajstić information content (AvgIpc) is 2.75. The highest BCUT2D eigenvalue weighted by Crippen LogP contribution is 2.37. The lowest BCUT2D eigenvalue weighted by molar-refractivity contribution is -0.144. The molecule has 0 heterocycles. The average molecular weight is 301 g/mol. The fourth-order valence-electron chi connectivity index (χ4n) is 2.69. The van der Waals surface area contributed by atoms with E-state index >= 15 is 0 Å². The second kappa shape index (κ2) is 6.10. The van der Waals surface area contributed by atoms with Gasteiger partial charge in [0.25, 0.3) is 0 Å². The van der Waals surface area contributed by atoms with Gasteiger partial charge in [0.1, 0.15) is 17.2 Å². The number of hydrogen-bond acceptors (Lipinski definition) is 3. The van der Waals surface area contributed by atoms with Gasteiger partial charge in [0.15, 0.2) is 0 Å². The largest absolute Gasteiger partial charge is 0.480 e. The fraction of sp³-hybridized carbons (Fsp3) is 0.500. The molecule has 3 nitrogen and oxygen atoms in total. The topological polar surface area (TPSA) is 63.3 Å². The molecule has 1 aliphatic carbocycles. The predicted octanol–water partition coefficient (Wildman–Crippen LogP) is 3.03. The van der Waals surface area contributed by atoms with Crippen molar-refractivity contribution < 1.29 is 18.7 Å². The summed E-state index contributed by atoms with van der Waals surface area (Å²) in [6, 6.07) is 3.46. The van der Waals surface area contributed by atoms with Crippen molar-refractivity contribution in [3.8, 4) is 0 Å². The van der Waals surface area contributed by atoms with Gasteiger partial charge in [-0.3, -0.25) is 4.79 Å². The molecule has 2 atom stereocenters. The molecule has 0 saturated heterocycles. The smallest absolute Gasteiger partial charge is 0.323 e. The third-order valence-corrected chi connectivity index (χ3v) is 4.97. The molecule has 0 radical (unpaired) electrons. The third kappa shape index (κ3) is 3.12. The summed E-state index contributed by atoms with van der Waals surface area (Å²) in [5.74, 6) is -1.67. The van der Waals surface area contributed by atoms with E-state index in [4.69, 9.17) is 5.73 Å². The van der Waals surface area contributed by atoms with Gasteiger partial charge in [0.2, 0.25) is 0 Å². The Bertz CT molecular complexity index is 512. The molecular weight excluding hydrogens is 284 g/mol. The predicted molar refractivity (Wildman–Crippen MR) is 73.6 cm³/mol. The van der Waals surface area contributed by atoms with E-state index in [1.807, 2.05) is 0 Å². The van der Waals surface area contributed by atoms with Gasteiger partial charge in [-0.05, 0) is 43.1 Å². The Kier molecular flexibility index (Phi) is 4.65. The van der Waals surface area contributed by atoms with Gasteiger partial charge in [-0.15, -0.1) is 11.8 Å². The Morgan fingerprint density at radius 2 is 2.25 bits per heavy atom. The number of carbonyl (C=O) groups is 1. The van der Waals surface area contributed by atoms with Gasteiger partial charge in [-0.1, -0.05) is 6.42 Å². The highest BCUT2D eigenvalue weighted by atomic mass is 32.2. The second-order valence-corrected chi connectivity index (χ2v) is 6.28. The first kappa shape index (κ1) is 15.3. The first-order valence-corrected chi connectivity index (χ1v) is 7.52. The van der Waals surface area contributed by atoms with Crippen molar-refractivity contribution in [3.05, 3.63) is 29.8 Å². The van der Waals surface area contributed by atoms with Crippen LogP contribution in [0.4, 0.5) is 8.78 Å². The quantitative estimate of drug-likeness (QED) is 0.821. The minimum Gasteiger partial charge on any atom is -0.480 e. The molecule has 1 aromatic carbocycles. The van der Waals surface area contributed by atoms with Crippen LogP contribution < -0.4 is 5.73 Å². The van der Waals surface area contributed by atoms with E-state index in [0.29, 0.717) is 23.5 Å². The standard InChI is InChI=1S/C14H17F2NO2S/c15-10-3-4-12(11(16)8-10)20-7-5-9-2-1-6-14(9,17)13(18)19/h3-4,8-9H,1-2,5-7,17H2,(H,18,19). The van der Waals surface area contributed by atoms with Crippen LogP contribution in [0.3, 0.4) is 0 Å². The summed E-state index contributed by atoms with van der Waals surface area (Å²) in [5, 5.41) is 9.20. The monoisotopic (exact) mass is 301 g/mol. The molecule has 20 heavy (non-hydrogen) atoms. The van der Waals surface area contributed by atoms with E-state index < -0.39 is 23.1 Å². The minimum absolute atomic E-state index is 0.0870. The van der Waals surface area contributed by atoms with E-state index in [1.165, 1.54) is 23.9 Å². The van der Waals surface area contributed by atoms with Crippen LogP contribution >= 0.6 is 11.8 Å². The first-order valence-electron chi connectivity index (χ1n) is 6.53. The number of hydrogen-bond donors (Lipinski definition) is 2. The van der Waals surface area contributed by atoms with Crippen molar-refractivity contribution in [2.45, 2.75) is 36.1 Å². The molecule has 1 aliphatic rings. The Balaban J connectivity index is 1.91. The van der Waals surface area contributed by atoms with Gasteiger partial charge in [-0.25, -0.2) is 8.78 Å². The molecule has 0 spiro atoms. The van der Waals surface area contributed by atoms with E-state index in [1.54, 1.807) is 0 Å². The van der Waals surface area contributed by atoms with Crippen LogP contribution in [-0.4, -0.2) is 22.4 Å². The number of halogens is 2. The molecule has 0 aromatic heterocycles. The molecule has 1 saturated carbocycles. The molecule has 1 fully saturated rings. The third-order valence-electron chi connectivity index (χ3n) is 3.89. The van der Waals surface area contributed by atoms with Gasteiger partial charge < -0.3 is 10.8 Å². The number of rotatable bonds is 5. The van der Waals surface area contributed by atoms with Crippen LogP contribution in [0.2, 0.25) is 0 Å². The lowest BCUT2D eigenvalue weighted by Gasteiger charge is -2.26. The number of aliphatic carboxylic acids is 1. The maximum absolute atomic E-state index is 13.5. The molecular formula is C14H17F2NO2S. The zero-order valence-corrected chi connectivity index (χ0v) is 11.8. The van der Waals surface area contributed by atoms with Crippen LogP contribution in [0.15, 0.2) is 23.1 Å². The van der Waals surface area contributed by atoms with Crippen molar-refractivity contribution in [2.24, 2.45) is 11.7 Å². The highest BCUT2D eigenvalue weighted by Gasteiger charge is 2.45. The maximum Gasteiger partial charge on any atom is 0.323 e. The maximum atomic E-state index is 13.5. The summed E-state index contributed by atoms with van der Waals surface area (Å²) in [6.07, 6.45) is 2.70. The summed E-state index contributed by atoms with van der Waals surface area (Å²) in [5.41, 5.74) is 4.79. The number of carboxylic acid groups (broad SMARTS) is 1. The van der Waals surface area contributed by atoms with Gasteiger partial charge in [-0.2, -0.15) is 0 Å². The summed E-state index contributed by atoms with van der Waals surface area (Å²) < 4.78 is 26.2. The van der Waals surface area contributed by atoms with Gasteiger partial charge in [0, 0.05) is 11.0 Å². The molecule has 0 amide bonds. The van der Waals surface area contributed by atoms with Crippen molar-refractivity contribution in [3.63, 3.8) is 0 Å². The highest BCUT2D eigenvalue weighted by molar-refractivity contribution is 7.99. The number of nitrogens with two attached hydrogens (primary N) is 1. The van der Waals surface area contributed by atoms with Crippen LogP contribution in [0.25, 0.3) is 0 Å². The lowest BCUT2D eigenvalue weighted by Crippen LogP contribution is -2.51. The van der Waals surface area contributed by atoms with Crippen LogP contribution in [-0.2, 0) is 4.79 Å². The van der Waals surface area contributed by atoms with E-state index in [-0.39, 0.29) is 5.92 Å². The number of carboxylic acids is 1.